The van der Waals surface area contributed by atoms with Crippen molar-refractivity contribution in [2.75, 3.05) is 39.3 Å². The molecule has 0 aromatic heterocycles. The topological polar surface area (TPSA) is 157 Å². The lowest BCUT2D eigenvalue weighted by atomic mass is 9.77. The molecule has 12 nitrogen and oxygen atoms in total. The number of ketones is 1. The van der Waals surface area contributed by atoms with E-state index in [-0.39, 0.29) is 50.0 Å². The number of Topliss-reactive ketones (excluding diaryl/α,β-unsaturated/α-hetero) is 1. The van der Waals surface area contributed by atoms with Gasteiger partial charge in [0.2, 0.25) is 0 Å². The van der Waals surface area contributed by atoms with Crippen molar-refractivity contribution >= 4 is 23.9 Å². The third-order valence-corrected chi connectivity index (χ3v) is 10.9. The monoisotopic (exact) mass is 701 g/mol. The van der Waals surface area contributed by atoms with Crippen LogP contribution in [-0.2, 0) is 19.1 Å². The maximum atomic E-state index is 13.0. The maximum absolute atomic E-state index is 13.0. The molecule has 2 amide bonds. The van der Waals surface area contributed by atoms with E-state index in [1.165, 1.54) is 35.5 Å². The molecule has 1 unspecified atom stereocenters. The number of hydrogen-bond acceptors (Lipinski definition) is 9. The molecule has 4 rings (SSSR count). The third kappa shape index (κ3) is 11.1. The molecule has 12 heteroatoms. The van der Waals surface area contributed by atoms with Crippen molar-refractivity contribution in [3.05, 3.63) is 36.0 Å². The van der Waals surface area contributed by atoms with Crippen LogP contribution in [0.4, 0.5) is 9.59 Å². The second-order valence-corrected chi connectivity index (χ2v) is 15.2. The highest BCUT2D eigenvalue weighted by atomic mass is 16.6. The Kier molecular flexibility index (Phi) is 14.5. The van der Waals surface area contributed by atoms with Gasteiger partial charge in [0.25, 0.3) is 0 Å². The van der Waals surface area contributed by atoms with Gasteiger partial charge >= 0.3 is 18.2 Å². The number of carbonyl (C=O) groups excluding carboxylic acids is 3. The molecule has 0 aromatic carbocycles. The Morgan fingerprint density at radius 1 is 1.10 bits per heavy atom. The van der Waals surface area contributed by atoms with Crippen LogP contribution >= 0.6 is 0 Å². The number of cyclic esters (lactones) is 1. The summed E-state index contributed by atoms with van der Waals surface area (Å²) in [6, 6.07) is -0.0998. The van der Waals surface area contributed by atoms with Crippen LogP contribution in [0.3, 0.4) is 0 Å². The van der Waals surface area contributed by atoms with Gasteiger partial charge in [-0.25, -0.2) is 9.59 Å². The van der Waals surface area contributed by atoms with Crippen LogP contribution in [0.2, 0.25) is 0 Å². The van der Waals surface area contributed by atoms with Gasteiger partial charge in [-0.1, -0.05) is 69.9 Å². The lowest BCUT2D eigenvalue weighted by Crippen LogP contribution is -2.62. The number of carboxylic acid groups (broad SMARTS) is 1. The number of carbonyl (C=O) groups is 4. The molecule has 2 saturated heterocycles. The van der Waals surface area contributed by atoms with Crippen molar-refractivity contribution in [3.63, 3.8) is 0 Å². The molecule has 3 fully saturated rings. The first-order chi connectivity index (χ1) is 23.7. The minimum atomic E-state index is -1.35. The van der Waals surface area contributed by atoms with E-state index in [0.29, 0.717) is 38.6 Å². The first-order valence-electron chi connectivity index (χ1n) is 18.6. The minimum absolute atomic E-state index is 0.0234. The molecular weight excluding hydrogens is 642 g/mol. The first kappa shape index (κ1) is 39.6. The van der Waals surface area contributed by atoms with E-state index < -0.39 is 47.9 Å². The second-order valence-electron chi connectivity index (χ2n) is 15.2. The molecule has 1 saturated carbocycles. The summed E-state index contributed by atoms with van der Waals surface area (Å²) in [7, 11) is 0. The van der Waals surface area contributed by atoms with Crippen molar-refractivity contribution in [2.24, 2.45) is 17.8 Å². The van der Waals surface area contributed by atoms with Crippen molar-refractivity contribution in [2.45, 2.75) is 122 Å². The van der Waals surface area contributed by atoms with Crippen LogP contribution in [0, 0.1) is 17.8 Å². The number of ether oxygens (including phenoxy) is 2. The number of amides is 2. The minimum Gasteiger partial charge on any atom is -0.465 e. The third-order valence-electron chi connectivity index (χ3n) is 10.9. The normalized spacial score (nSPS) is 32.9. The summed E-state index contributed by atoms with van der Waals surface area (Å²) < 4.78 is 11.3. The fraction of sp³-hybridized carbons (Fsp3) is 0.737. The van der Waals surface area contributed by atoms with E-state index in [1.54, 1.807) is 6.92 Å². The van der Waals surface area contributed by atoms with Crippen molar-refractivity contribution < 1.29 is 44.0 Å². The molecule has 4 aliphatic rings. The Hall–Kier alpha value is -3.22. The molecule has 0 spiro atoms. The van der Waals surface area contributed by atoms with Gasteiger partial charge in [-0.3, -0.25) is 14.5 Å². The molecule has 7 atom stereocenters. The van der Waals surface area contributed by atoms with Gasteiger partial charge < -0.3 is 34.6 Å². The number of aliphatic hydroxyl groups is 2. The summed E-state index contributed by atoms with van der Waals surface area (Å²) in [6.45, 7) is 9.55. The van der Waals surface area contributed by atoms with Crippen LogP contribution in [0.15, 0.2) is 36.0 Å². The van der Waals surface area contributed by atoms with Crippen molar-refractivity contribution in [1.82, 2.24) is 14.7 Å². The van der Waals surface area contributed by atoms with Gasteiger partial charge in [0.15, 0.2) is 5.78 Å². The Bertz CT molecular complexity index is 1270. The Morgan fingerprint density at radius 3 is 2.48 bits per heavy atom. The molecule has 0 radical (unpaired) electrons. The smallest absolute Gasteiger partial charge is 0.410 e. The lowest BCUT2D eigenvalue weighted by Gasteiger charge is -2.48. The molecule has 280 valence electrons. The molecule has 50 heavy (non-hydrogen) atoms. The van der Waals surface area contributed by atoms with E-state index in [1.807, 2.05) is 51.2 Å². The number of likely N-dealkylation sites (tertiary alicyclic amines) is 1. The number of piperazine rings is 1. The molecule has 3 N–H and O–H groups in total. The van der Waals surface area contributed by atoms with Gasteiger partial charge in [-0.15, -0.1) is 0 Å². The predicted molar refractivity (Wildman–Crippen MR) is 188 cm³/mol. The van der Waals surface area contributed by atoms with Crippen molar-refractivity contribution in [1.29, 1.82) is 0 Å². The number of esters is 1. The average molecular weight is 702 g/mol. The van der Waals surface area contributed by atoms with Crippen LogP contribution in [0.25, 0.3) is 0 Å². The summed E-state index contributed by atoms with van der Waals surface area (Å²) in [4.78, 5) is 54.6. The summed E-state index contributed by atoms with van der Waals surface area (Å²) >= 11 is 0. The fourth-order valence-electron chi connectivity index (χ4n) is 7.83. The summed E-state index contributed by atoms with van der Waals surface area (Å²) in [5.41, 5.74) is -0.594. The van der Waals surface area contributed by atoms with Crippen LogP contribution in [0.1, 0.15) is 91.9 Å². The molecular formula is C38H59N3O9. The van der Waals surface area contributed by atoms with Crippen LogP contribution < -0.4 is 0 Å². The van der Waals surface area contributed by atoms with E-state index in [4.69, 9.17) is 9.47 Å². The summed E-state index contributed by atoms with van der Waals surface area (Å²) in [5, 5.41) is 33.1. The van der Waals surface area contributed by atoms with Gasteiger partial charge in [0.1, 0.15) is 6.10 Å². The quantitative estimate of drug-likeness (QED) is 0.144. The van der Waals surface area contributed by atoms with E-state index >= 15 is 0 Å². The molecule has 3 heterocycles. The SMILES string of the molecule is C/C(=C\C=C\[C@@H](C)COC(=O)N1CCC(=O)C1)[C@H]1OC(=O)C[C@@H](O)CC[C@](C)(O)[C@H](C2CN(C3CCCCCC3)CCN2C(=O)O)/C=C/[C@@H]1C. The predicted octanol–water partition coefficient (Wildman–Crippen LogP) is 4.94. The molecule has 1 aliphatic carbocycles. The van der Waals surface area contributed by atoms with E-state index in [2.05, 4.69) is 4.90 Å². The second kappa shape index (κ2) is 18.3. The number of allylic oxidation sites excluding steroid dienone is 2. The van der Waals surface area contributed by atoms with E-state index in [9.17, 15) is 34.5 Å². The first-order valence-corrected chi connectivity index (χ1v) is 18.6. The zero-order chi connectivity index (χ0) is 36.4. The van der Waals surface area contributed by atoms with Crippen molar-refractivity contribution in [3.8, 4) is 0 Å². The largest absolute Gasteiger partial charge is 0.465 e. The van der Waals surface area contributed by atoms with Crippen LogP contribution in [-0.4, -0.2) is 123 Å². The van der Waals surface area contributed by atoms with Gasteiger partial charge in [0.05, 0.1) is 37.3 Å². The molecule has 0 bridgehead atoms. The number of aliphatic hydroxyl groups excluding tert-OH is 1. The Morgan fingerprint density at radius 2 is 1.82 bits per heavy atom. The summed E-state index contributed by atoms with van der Waals surface area (Å²) in [6.07, 6.45) is 13.6. The van der Waals surface area contributed by atoms with Gasteiger partial charge in [0, 0.05) is 56.4 Å². The lowest BCUT2D eigenvalue weighted by molar-refractivity contribution is -0.151. The highest BCUT2D eigenvalue weighted by Gasteiger charge is 2.44. The maximum Gasteiger partial charge on any atom is 0.410 e. The standard InChI is InChI=1S/C38H59N3O9/c1-26(25-49-37(47)40-19-17-31(43)23-40)10-9-11-27(2)35-28(3)14-15-32(38(4,48)18-16-30(42)22-34(44)50-35)33-24-39(20-21-41(33)36(45)46)29-12-7-5-6-8-13-29/h9-11,14-15,26,28-30,32-33,35,42,48H,5-8,12-13,16-25H2,1-4H3,(H,45,46)/b10-9+,15-14+,27-11+/t26-,28+,30+,32+,33?,35-,38+/m1/s1. The zero-order valence-electron chi connectivity index (χ0n) is 30.4. The van der Waals surface area contributed by atoms with Gasteiger partial charge in [-0.05, 0) is 45.1 Å². The summed E-state index contributed by atoms with van der Waals surface area (Å²) in [5.74, 6) is -1.53. The highest BCUT2D eigenvalue weighted by Crippen LogP contribution is 2.35. The Balaban J connectivity index is 1.53. The number of nitrogens with zero attached hydrogens (tertiary/aromatic N) is 3. The molecule has 0 aromatic rings. The fourth-order valence-corrected chi connectivity index (χ4v) is 7.83. The highest BCUT2D eigenvalue weighted by molar-refractivity contribution is 5.87. The zero-order valence-corrected chi connectivity index (χ0v) is 30.4. The Labute approximate surface area is 297 Å². The number of hydrogen-bond donors (Lipinski definition) is 3. The van der Waals surface area contributed by atoms with Crippen LogP contribution in [0.5, 0.6) is 0 Å². The molecule has 3 aliphatic heterocycles. The van der Waals surface area contributed by atoms with Gasteiger partial charge in [-0.2, -0.15) is 0 Å². The van der Waals surface area contributed by atoms with E-state index in [0.717, 1.165) is 18.4 Å². The number of rotatable bonds is 7. The average Bonchev–Trinajstić information content (AvgIpc) is 3.32.